The maximum Gasteiger partial charge on any atom is 0.411 e. The van der Waals surface area contributed by atoms with Gasteiger partial charge in [-0.3, -0.25) is 4.90 Å². The number of cyclic esters (lactones) is 1. The van der Waals surface area contributed by atoms with Crippen molar-refractivity contribution in [1.82, 2.24) is 19.9 Å². The number of benzene rings is 3. The Morgan fingerprint density at radius 1 is 0.884 bits per heavy atom. The molecule has 9 heteroatoms. The molecule has 224 valence electrons. The second kappa shape index (κ2) is 11.4. The molecule has 0 N–H and O–H groups in total. The molecule has 2 aliphatic rings. The minimum atomic E-state index is -1.97. The van der Waals surface area contributed by atoms with Gasteiger partial charge in [0, 0.05) is 0 Å². The van der Waals surface area contributed by atoms with E-state index in [-0.39, 0.29) is 23.8 Å². The molecule has 1 saturated heterocycles. The predicted molar refractivity (Wildman–Crippen MR) is 167 cm³/mol. The van der Waals surface area contributed by atoms with Crippen LogP contribution in [-0.4, -0.2) is 53.1 Å². The number of aromatic nitrogens is 3. The summed E-state index contributed by atoms with van der Waals surface area (Å²) in [6.07, 6.45) is -0.820. The molecule has 0 saturated carbocycles. The lowest BCUT2D eigenvalue weighted by Crippen LogP contribution is -2.47. The van der Waals surface area contributed by atoms with Crippen molar-refractivity contribution < 1.29 is 18.7 Å². The van der Waals surface area contributed by atoms with Gasteiger partial charge < -0.3 is 13.9 Å². The molecule has 1 fully saturated rings. The van der Waals surface area contributed by atoms with Gasteiger partial charge in [-0.1, -0.05) is 117 Å². The van der Waals surface area contributed by atoms with E-state index in [1.165, 1.54) is 0 Å². The number of nitrogens with zero attached hydrogens (tertiary/aromatic N) is 4. The Kier molecular flexibility index (Phi) is 7.74. The van der Waals surface area contributed by atoms with Gasteiger partial charge >= 0.3 is 6.09 Å². The molecule has 0 bridgehead atoms. The lowest BCUT2D eigenvalue weighted by Gasteiger charge is -2.37. The third-order valence-electron chi connectivity index (χ3n) is 9.30. The molecular weight excluding hydrogens is 556 g/mol. The Morgan fingerprint density at radius 2 is 1.42 bits per heavy atom. The van der Waals surface area contributed by atoms with Crippen molar-refractivity contribution in [3.63, 3.8) is 0 Å². The lowest BCUT2D eigenvalue weighted by atomic mass is 9.80. The molecule has 0 aliphatic carbocycles. The fourth-order valence-corrected chi connectivity index (χ4v) is 6.67. The van der Waals surface area contributed by atoms with Crippen LogP contribution in [0.15, 0.2) is 91.0 Å². The summed E-state index contributed by atoms with van der Waals surface area (Å²) in [5, 5.41) is 9.01. The molecule has 8 nitrogen and oxygen atoms in total. The second-order valence-electron chi connectivity index (χ2n) is 12.9. The van der Waals surface area contributed by atoms with Gasteiger partial charge in [0.2, 0.25) is 0 Å². The van der Waals surface area contributed by atoms with E-state index in [0.29, 0.717) is 19.7 Å². The monoisotopic (exact) mass is 596 g/mol. The maximum atomic E-state index is 13.2. The van der Waals surface area contributed by atoms with Crippen LogP contribution < -0.4 is 0 Å². The number of ether oxygens (including phenoxy) is 2. The zero-order valence-electron chi connectivity index (χ0n) is 25.6. The zero-order valence-corrected chi connectivity index (χ0v) is 26.6. The highest BCUT2D eigenvalue weighted by Crippen LogP contribution is 2.42. The highest BCUT2D eigenvalue weighted by molar-refractivity contribution is 6.74. The van der Waals surface area contributed by atoms with Crippen molar-refractivity contribution in [3.8, 4) is 0 Å². The highest BCUT2D eigenvalue weighted by atomic mass is 28.4. The van der Waals surface area contributed by atoms with Gasteiger partial charge in [-0.15, -0.1) is 5.10 Å². The van der Waals surface area contributed by atoms with Gasteiger partial charge in [0.1, 0.15) is 17.4 Å². The molecule has 2 atom stereocenters. The topological polar surface area (TPSA) is 78.7 Å². The third-order valence-corrected chi connectivity index (χ3v) is 13.8. The van der Waals surface area contributed by atoms with Crippen molar-refractivity contribution in [2.45, 2.75) is 76.3 Å². The summed E-state index contributed by atoms with van der Waals surface area (Å²) in [6, 6.07) is 30.4. The zero-order chi connectivity index (χ0) is 30.2. The number of carbonyl (C=O) groups excluding carboxylic acids is 1. The molecule has 2 aliphatic heterocycles. The Bertz CT molecular complexity index is 1460. The molecular formula is C34H40N4O4Si. The first-order chi connectivity index (χ1) is 20.6. The average molecular weight is 597 g/mol. The van der Waals surface area contributed by atoms with Crippen LogP contribution in [0.5, 0.6) is 0 Å². The van der Waals surface area contributed by atoms with E-state index >= 15 is 0 Å². The van der Waals surface area contributed by atoms with E-state index < -0.39 is 20.0 Å². The summed E-state index contributed by atoms with van der Waals surface area (Å²) in [7, 11) is -1.97. The molecule has 43 heavy (non-hydrogen) atoms. The third kappa shape index (κ3) is 5.41. The Labute approximate surface area is 254 Å². The molecule has 1 aromatic heterocycles. The van der Waals surface area contributed by atoms with Crippen molar-refractivity contribution in [3.05, 3.63) is 119 Å². The van der Waals surface area contributed by atoms with Gasteiger partial charge in [-0.25, -0.2) is 9.48 Å². The molecule has 1 amide bonds. The number of carbonyl (C=O) groups is 1. The standard InChI is InChI=1S/C34H40N4O4Si/c1-33(2,3)43(4,5)41-23-28-29-21-37-30(22-38(29)36-35-28)31(42-32(37)39)24-40-34(25-15-9-6-10-16-25,26-17-11-7-12-18-26)27-19-13-8-14-20-27/h6-20,30-31H,21-24H2,1-5H3/t30-,31-/m1/s1. The summed E-state index contributed by atoms with van der Waals surface area (Å²) in [4.78, 5) is 15.0. The second-order valence-corrected chi connectivity index (χ2v) is 17.7. The fourth-order valence-electron chi connectivity index (χ4n) is 5.73. The quantitative estimate of drug-likeness (QED) is 0.162. The van der Waals surface area contributed by atoms with E-state index in [0.717, 1.165) is 28.1 Å². The van der Waals surface area contributed by atoms with Gasteiger partial charge in [0.05, 0.1) is 38.0 Å². The number of hydrogen-bond acceptors (Lipinski definition) is 6. The van der Waals surface area contributed by atoms with Gasteiger partial charge in [-0.2, -0.15) is 0 Å². The van der Waals surface area contributed by atoms with Crippen molar-refractivity contribution in [1.29, 1.82) is 0 Å². The van der Waals surface area contributed by atoms with Crippen molar-refractivity contribution in [2.75, 3.05) is 6.61 Å². The molecule has 6 rings (SSSR count). The van der Waals surface area contributed by atoms with Crippen LogP contribution in [0.4, 0.5) is 4.79 Å². The number of amides is 1. The summed E-state index contributed by atoms with van der Waals surface area (Å²) in [5.74, 6) is 0. The first-order valence-electron chi connectivity index (χ1n) is 14.9. The number of hydrogen-bond donors (Lipinski definition) is 0. The summed E-state index contributed by atoms with van der Waals surface area (Å²) in [5.41, 5.74) is 3.80. The van der Waals surface area contributed by atoms with Crippen LogP contribution in [0.25, 0.3) is 0 Å². The van der Waals surface area contributed by atoms with Crippen LogP contribution in [0, 0.1) is 0 Å². The minimum absolute atomic E-state index is 0.0891. The molecule has 3 aromatic carbocycles. The largest absolute Gasteiger partial charge is 0.441 e. The molecule has 0 spiro atoms. The lowest BCUT2D eigenvalue weighted by molar-refractivity contribution is -0.0400. The number of rotatable bonds is 9. The van der Waals surface area contributed by atoms with Gasteiger partial charge in [0.25, 0.3) is 0 Å². The SMILES string of the molecule is CC(C)(C)[Si](C)(C)OCc1nnn2c1CN1C(=O)O[C@H](COC(c3ccccc3)(c3ccccc3)c3ccccc3)[C@H]1C2. The molecule has 0 radical (unpaired) electrons. The summed E-state index contributed by atoms with van der Waals surface area (Å²) in [6.45, 7) is 12.6. The van der Waals surface area contributed by atoms with Crippen molar-refractivity contribution >= 4 is 14.4 Å². The van der Waals surface area contributed by atoms with E-state index in [9.17, 15) is 4.79 Å². The van der Waals surface area contributed by atoms with Crippen LogP contribution in [-0.2, 0) is 39.2 Å². The van der Waals surface area contributed by atoms with Crippen LogP contribution in [0.2, 0.25) is 18.1 Å². The number of fused-ring (bicyclic) bond motifs is 2. The molecule has 0 unspecified atom stereocenters. The van der Waals surface area contributed by atoms with E-state index in [1.807, 2.05) is 59.3 Å². The predicted octanol–water partition coefficient (Wildman–Crippen LogP) is 6.51. The summed E-state index contributed by atoms with van der Waals surface area (Å²) < 4.78 is 21.3. The van der Waals surface area contributed by atoms with Gasteiger partial charge in [0.15, 0.2) is 8.32 Å². The Hall–Kier alpha value is -3.79. The normalized spacial score (nSPS) is 18.7. The van der Waals surface area contributed by atoms with Crippen LogP contribution >= 0.6 is 0 Å². The first-order valence-corrected chi connectivity index (χ1v) is 17.8. The fraction of sp³-hybridized carbons (Fsp3) is 0.382. The molecule has 3 heterocycles. The smallest absolute Gasteiger partial charge is 0.411 e. The van der Waals surface area contributed by atoms with E-state index in [4.69, 9.17) is 13.9 Å². The molecule has 4 aromatic rings. The average Bonchev–Trinajstić information content (AvgIpc) is 3.56. The minimum Gasteiger partial charge on any atom is -0.441 e. The Morgan fingerprint density at radius 3 is 1.93 bits per heavy atom. The maximum absolute atomic E-state index is 13.2. The van der Waals surface area contributed by atoms with E-state index in [1.54, 1.807) is 4.90 Å². The van der Waals surface area contributed by atoms with E-state index in [2.05, 4.69) is 80.6 Å². The van der Waals surface area contributed by atoms with Crippen LogP contribution in [0.3, 0.4) is 0 Å². The highest BCUT2D eigenvalue weighted by Gasteiger charge is 2.48. The van der Waals surface area contributed by atoms with Crippen molar-refractivity contribution in [2.24, 2.45) is 0 Å². The van der Waals surface area contributed by atoms with Gasteiger partial charge in [-0.05, 0) is 34.8 Å². The Balaban J connectivity index is 1.27. The summed E-state index contributed by atoms with van der Waals surface area (Å²) >= 11 is 0. The van der Waals surface area contributed by atoms with Crippen LogP contribution in [0.1, 0.15) is 48.8 Å². The first kappa shape index (κ1) is 29.3.